The van der Waals surface area contributed by atoms with Crippen LogP contribution in [0.3, 0.4) is 0 Å². The van der Waals surface area contributed by atoms with Crippen molar-refractivity contribution >= 4 is 33.0 Å². The summed E-state index contributed by atoms with van der Waals surface area (Å²) in [5.41, 5.74) is 6.68. The molecule has 0 spiro atoms. The summed E-state index contributed by atoms with van der Waals surface area (Å²) in [7, 11) is 1.70. The highest BCUT2D eigenvalue weighted by molar-refractivity contribution is 7.21. The van der Waals surface area contributed by atoms with Crippen molar-refractivity contribution in [1.82, 2.24) is 5.32 Å². The summed E-state index contributed by atoms with van der Waals surface area (Å²) < 4.78 is 6.45. The molecule has 0 radical (unpaired) electrons. The van der Waals surface area contributed by atoms with E-state index < -0.39 is 0 Å². The molecule has 1 aromatic carbocycles. The first kappa shape index (κ1) is 13.4. The SMILES string of the molecule is COC1CCCC1NC(=O)c1sc2ccccc2c1N. The first-order valence-electron chi connectivity index (χ1n) is 6.81. The second-order valence-corrected chi connectivity index (χ2v) is 6.18. The molecule has 5 heteroatoms. The quantitative estimate of drug-likeness (QED) is 0.913. The molecule has 1 heterocycles. The number of amides is 1. The smallest absolute Gasteiger partial charge is 0.263 e. The highest BCUT2D eigenvalue weighted by atomic mass is 32.1. The van der Waals surface area contributed by atoms with Crippen LogP contribution in [-0.2, 0) is 4.74 Å². The minimum atomic E-state index is -0.0855. The third-order valence-corrected chi connectivity index (χ3v) is 5.10. The van der Waals surface area contributed by atoms with E-state index in [1.54, 1.807) is 7.11 Å². The molecule has 2 atom stereocenters. The molecule has 2 unspecified atom stereocenters. The standard InChI is InChI=1S/C15H18N2O2S/c1-19-11-7-4-6-10(11)17-15(18)14-13(16)9-5-2-3-8-12(9)20-14/h2-3,5,8,10-11H,4,6-7,16H2,1H3,(H,17,18). The molecule has 0 aliphatic heterocycles. The van der Waals surface area contributed by atoms with Crippen LogP contribution in [-0.4, -0.2) is 25.2 Å². The molecule has 1 aliphatic carbocycles. The van der Waals surface area contributed by atoms with Gasteiger partial charge >= 0.3 is 0 Å². The van der Waals surface area contributed by atoms with Crippen molar-refractivity contribution in [3.63, 3.8) is 0 Å². The van der Waals surface area contributed by atoms with Gasteiger partial charge in [0.2, 0.25) is 0 Å². The number of hydrogen-bond acceptors (Lipinski definition) is 4. The number of carbonyl (C=O) groups is 1. The third kappa shape index (κ3) is 2.27. The van der Waals surface area contributed by atoms with Gasteiger partial charge in [-0.2, -0.15) is 0 Å². The van der Waals surface area contributed by atoms with Crippen molar-refractivity contribution in [2.75, 3.05) is 12.8 Å². The number of nitrogens with two attached hydrogens (primary N) is 1. The van der Waals surface area contributed by atoms with Gasteiger partial charge in [0.05, 0.1) is 17.8 Å². The fourth-order valence-electron chi connectivity index (χ4n) is 2.84. The highest BCUT2D eigenvalue weighted by Crippen LogP contribution is 2.33. The Morgan fingerprint density at radius 3 is 2.95 bits per heavy atom. The van der Waals surface area contributed by atoms with Crippen LogP contribution in [0.15, 0.2) is 24.3 Å². The molecule has 0 saturated heterocycles. The van der Waals surface area contributed by atoms with E-state index in [1.807, 2.05) is 24.3 Å². The highest BCUT2D eigenvalue weighted by Gasteiger charge is 2.29. The number of benzene rings is 1. The first-order chi connectivity index (χ1) is 9.70. The molecule has 1 saturated carbocycles. The Balaban J connectivity index is 1.84. The van der Waals surface area contributed by atoms with Crippen LogP contribution in [0.1, 0.15) is 28.9 Å². The summed E-state index contributed by atoms with van der Waals surface area (Å²) in [5.74, 6) is -0.0855. The zero-order valence-electron chi connectivity index (χ0n) is 11.4. The Labute approximate surface area is 121 Å². The summed E-state index contributed by atoms with van der Waals surface area (Å²) in [6.07, 6.45) is 3.18. The number of methoxy groups -OCH3 is 1. The summed E-state index contributed by atoms with van der Waals surface area (Å²) in [5, 5.41) is 4.02. The van der Waals surface area contributed by atoms with E-state index in [9.17, 15) is 4.79 Å². The lowest BCUT2D eigenvalue weighted by Crippen LogP contribution is -2.40. The predicted molar refractivity (Wildman–Crippen MR) is 82.1 cm³/mol. The second-order valence-electron chi connectivity index (χ2n) is 5.13. The normalized spacial score (nSPS) is 22.2. The molecule has 1 amide bonds. The largest absolute Gasteiger partial charge is 0.397 e. The predicted octanol–water partition coefficient (Wildman–Crippen LogP) is 2.78. The molecule has 4 nitrogen and oxygen atoms in total. The number of anilines is 1. The number of fused-ring (bicyclic) bond motifs is 1. The van der Waals surface area contributed by atoms with Gasteiger partial charge in [-0.3, -0.25) is 4.79 Å². The van der Waals surface area contributed by atoms with Crippen molar-refractivity contribution < 1.29 is 9.53 Å². The van der Waals surface area contributed by atoms with Crippen LogP contribution >= 0.6 is 11.3 Å². The van der Waals surface area contributed by atoms with Crippen LogP contribution < -0.4 is 11.1 Å². The zero-order valence-corrected chi connectivity index (χ0v) is 12.2. The topological polar surface area (TPSA) is 64.3 Å². The fraction of sp³-hybridized carbons (Fsp3) is 0.400. The summed E-state index contributed by atoms with van der Waals surface area (Å²) >= 11 is 1.45. The van der Waals surface area contributed by atoms with Gasteiger partial charge in [-0.05, 0) is 25.3 Å². The van der Waals surface area contributed by atoms with Crippen molar-refractivity contribution in [2.24, 2.45) is 0 Å². The van der Waals surface area contributed by atoms with E-state index in [0.717, 1.165) is 29.3 Å². The van der Waals surface area contributed by atoms with Gasteiger partial charge in [-0.15, -0.1) is 11.3 Å². The number of thiophene rings is 1. The maximum Gasteiger partial charge on any atom is 0.263 e. The number of ether oxygens (including phenoxy) is 1. The number of nitrogens with one attached hydrogen (secondary N) is 1. The van der Waals surface area contributed by atoms with E-state index in [4.69, 9.17) is 10.5 Å². The van der Waals surface area contributed by atoms with Gasteiger partial charge < -0.3 is 15.8 Å². The molecule has 3 rings (SSSR count). The van der Waals surface area contributed by atoms with Crippen molar-refractivity contribution in [1.29, 1.82) is 0 Å². The lowest BCUT2D eigenvalue weighted by atomic mass is 10.2. The average molecular weight is 290 g/mol. The van der Waals surface area contributed by atoms with Crippen molar-refractivity contribution in [3.05, 3.63) is 29.1 Å². The molecule has 0 bridgehead atoms. The first-order valence-corrected chi connectivity index (χ1v) is 7.63. The summed E-state index contributed by atoms with van der Waals surface area (Å²) in [6, 6.07) is 7.92. The van der Waals surface area contributed by atoms with Crippen LogP contribution in [0, 0.1) is 0 Å². The number of hydrogen-bond donors (Lipinski definition) is 2. The molecule has 3 N–H and O–H groups in total. The molecule has 1 aliphatic rings. The van der Waals surface area contributed by atoms with E-state index >= 15 is 0 Å². The lowest BCUT2D eigenvalue weighted by Gasteiger charge is -2.19. The van der Waals surface area contributed by atoms with Gasteiger partial charge in [-0.25, -0.2) is 0 Å². The maximum atomic E-state index is 12.4. The van der Waals surface area contributed by atoms with Crippen molar-refractivity contribution in [3.8, 4) is 0 Å². The van der Waals surface area contributed by atoms with Crippen LogP contribution in [0.4, 0.5) is 5.69 Å². The minimum absolute atomic E-state index is 0.0855. The maximum absolute atomic E-state index is 12.4. The fourth-order valence-corrected chi connectivity index (χ4v) is 3.87. The number of nitrogen functional groups attached to an aromatic ring is 1. The molecule has 20 heavy (non-hydrogen) atoms. The molecular formula is C15H18N2O2S. The Morgan fingerprint density at radius 1 is 1.40 bits per heavy atom. The van der Waals surface area contributed by atoms with Gasteiger partial charge in [0, 0.05) is 17.2 Å². The summed E-state index contributed by atoms with van der Waals surface area (Å²) in [4.78, 5) is 13.0. The minimum Gasteiger partial charge on any atom is -0.397 e. The van der Waals surface area contributed by atoms with Crippen molar-refractivity contribution in [2.45, 2.75) is 31.4 Å². The monoisotopic (exact) mass is 290 g/mol. The number of rotatable bonds is 3. The molecule has 1 aromatic heterocycles. The summed E-state index contributed by atoms with van der Waals surface area (Å²) in [6.45, 7) is 0. The molecule has 1 fully saturated rings. The van der Waals surface area contributed by atoms with E-state index in [-0.39, 0.29) is 18.1 Å². The average Bonchev–Trinajstić information content (AvgIpc) is 3.04. The van der Waals surface area contributed by atoms with E-state index in [0.29, 0.717) is 10.6 Å². The van der Waals surface area contributed by atoms with Gasteiger partial charge in [0.1, 0.15) is 4.88 Å². The van der Waals surface area contributed by atoms with Crippen LogP contribution in [0.2, 0.25) is 0 Å². The second kappa shape index (κ2) is 5.42. The van der Waals surface area contributed by atoms with Crippen LogP contribution in [0.5, 0.6) is 0 Å². The number of carbonyl (C=O) groups excluding carboxylic acids is 1. The third-order valence-electron chi connectivity index (χ3n) is 3.91. The van der Waals surface area contributed by atoms with Gasteiger partial charge in [0.25, 0.3) is 5.91 Å². The van der Waals surface area contributed by atoms with Gasteiger partial charge in [0.15, 0.2) is 0 Å². The molecular weight excluding hydrogens is 272 g/mol. The van der Waals surface area contributed by atoms with E-state index in [2.05, 4.69) is 5.32 Å². The Morgan fingerprint density at radius 2 is 2.20 bits per heavy atom. The molecule has 2 aromatic rings. The van der Waals surface area contributed by atoms with Gasteiger partial charge in [-0.1, -0.05) is 18.2 Å². The Kier molecular flexibility index (Phi) is 3.63. The van der Waals surface area contributed by atoms with Crippen LogP contribution in [0.25, 0.3) is 10.1 Å². The zero-order chi connectivity index (χ0) is 14.1. The van der Waals surface area contributed by atoms with E-state index in [1.165, 1.54) is 11.3 Å². The molecule has 106 valence electrons. The Bertz CT molecular complexity index is 638. The lowest BCUT2D eigenvalue weighted by molar-refractivity contribution is 0.0725. The Hall–Kier alpha value is -1.59.